The molecule has 4 fully saturated rings. The van der Waals surface area contributed by atoms with E-state index in [0.717, 1.165) is 12.0 Å². The highest BCUT2D eigenvalue weighted by molar-refractivity contribution is 5.78. The van der Waals surface area contributed by atoms with Crippen molar-refractivity contribution in [3.63, 3.8) is 0 Å². The molecular weight excluding hydrogens is 857 g/mol. The molecule has 6 aliphatic heterocycles. The van der Waals surface area contributed by atoms with E-state index < -0.39 is 116 Å². The summed E-state index contributed by atoms with van der Waals surface area (Å²) in [6.07, 6.45) is 8.03. The molecule has 16 nitrogen and oxygen atoms in total. The summed E-state index contributed by atoms with van der Waals surface area (Å²) >= 11 is 0. The SMILES string of the molecule is CCC(C)[C@H]1O[C@]2(C=C[C@@H]1C)C[C@@H]1C[C@@H](C/C=C(\C)[C@@H](O[C@H]3C[C@H](OC)[C@@H](O[C@H]4C[C@H](OC)[C@@H](OCC(=O)O)[C@H](C)O4)[C@H](C)O3)[C@@H](C)/C=C/C=C3\CO[C@@H]4[C@H](O)C(C)=C[C@@H](C(=O)O1)[C@]34O)O2. The number of hydrogen-bond acceptors (Lipinski definition) is 15. The Kier molecular flexibility index (Phi) is 16.6. The van der Waals surface area contributed by atoms with Gasteiger partial charge in [0.05, 0.1) is 49.3 Å². The number of rotatable bonds is 11. The van der Waals surface area contributed by atoms with Crippen LogP contribution in [0.4, 0.5) is 0 Å². The summed E-state index contributed by atoms with van der Waals surface area (Å²) in [7, 11) is 3.18. The van der Waals surface area contributed by atoms with Gasteiger partial charge in [0.25, 0.3) is 0 Å². The number of carboxylic acid groups (broad SMARTS) is 1. The van der Waals surface area contributed by atoms with Crippen LogP contribution in [0.5, 0.6) is 0 Å². The molecule has 1 aliphatic carbocycles. The maximum atomic E-state index is 14.4. The third kappa shape index (κ3) is 10.8. The number of esters is 1. The molecule has 0 radical (unpaired) electrons. The van der Waals surface area contributed by atoms with Crippen molar-refractivity contribution in [2.24, 2.45) is 23.7 Å². The zero-order valence-corrected chi connectivity index (χ0v) is 40.2. The molecule has 0 aromatic carbocycles. The van der Waals surface area contributed by atoms with Crippen LogP contribution in [0.25, 0.3) is 0 Å². The Morgan fingerprint density at radius 3 is 2.27 bits per heavy atom. The predicted molar refractivity (Wildman–Crippen MR) is 239 cm³/mol. The van der Waals surface area contributed by atoms with Crippen molar-refractivity contribution in [1.82, 2.24) is 0 Å². The average molecular weight is 931 g/mol. The first-order valence-corrected chi connectivity index (χ1v) is 23.9. The fourth-order valence-electron chi connectivity index (χ4n) is 11.0. The van der Waals surface area contributed by atoms with Gasteiger partial charge in [0.2, 0.25) is 0 Å². The first-order chi connectivity index (χ1) is 31.4. The van der Waals surface area contributed by atoms with E-state index in [1.54, 1.807) is 40.2 Å². The number of carbonyl (C=O) groups is 2. The van der Waals surface area contributed by atoms with Gasteiger partial charge in [-0.05, 0) is 62.8 Å². The van der Waals surface area contributed by atoms with Gasteiger partial charge in [-0.25, -0.2) is 4.79 Å². The summed E-state index contributed by atoms with van der Waals surface area (Å²) in [4.78, 5) is 25.6. The number of hydrogen-bond donors (Lipinski definition) is 3. The molecule has 2 bridgehead atoms. The fraction of sp³-hybridized carbons (Fsp3) is 0.760. The summed E-state index contributed by atoms with van der Waals surface area (Å²) in [5, 5.41) is 32.9. The van der Waals surface area contributed by atoms with Crippen molar-refractivity contribution in [3.05, 3.63) is 59.3 Å². The Morgan fingerprint density at radius 2 is 1.59 bits per heavy atom. The quantitative estimate of drug-likeness (QED) is 0.174. The van der Waals surface area contributed by atoms with E-state index >= 15 is 0 Å². The fourth-order valence-corrected chi connectivity index (χ4v) is 11.0. The van der Waals surface area contributed by atoms with E-state index in [9.17, 15) is 24.9 Å². The highest BCUT2D eigenvalue weighted by Gasteiger charge is 2.60. The van der Waals surface area contributed by atoms with Crippen molar-refractivity contribution in [1.29, 1.82) is 0 Å². The number of carboxylic acids is 1. The van der Waals surface area contributed by atoms with Crippen LogP contribution < -0.4 is 0 Å². The normalized spacial score (nSPS) is 46.8. The van der Waals surface area contributed by atoms with Gasteiger partial charge >= 0.3 is 11.9 Å². The summed E-state index contributed by atoms with van der Waals surface area (Å²) in [6, 6.07) is 0. The molecule has 66 heavy (non-hydrogen) atoms. The maximum Gasteiger partial charge on any atom is 0.329 e. The zero-order chi connectivity index (χ0) is 47.7. The number of fused-ring (bicyclic) bond motifs is 2. The summed E-state index contributed by atoms with van der Waals surface area (Å²) in [5.74, 6) is -3.74. The molecule has 6 heterocycles. The zero-order valence-electron chi connectivity index (χ0n) is 40.2. The smallest absolute Gasteiger partial charge is 0.329 e. The monoisotopic (exact) mass is 930 g/mol. The lowest BCUT2D eigenvalue weighted by Gasteiger charge is -2.48. The van der Waals surface area contributed by atoms with Gasteiger partial charge in [0.15, 0.2) is 18.4 Å². The van der Waals surface area contributed by atoms with Crippen molar-refractivity contribution < 1.29 is 77.0 Å². The maximum absolute atomic E-state index is 14.4. The Hall–Kier alpha value is -2.84. The summed E-state index contributed by atoms with van der Waals surface area (Å²) in [6.45, 7) is 15.5. The number of aliphatic carboxylic acids is 1. The third-order valence-electron chi connectivity index (χ3n) is 14.9. The second-order valence-corrected chi connectivity index (χ2v) is 19.6. The molecule has 1 spiro atoms. The van der Waals surface area contributed by atoms with Gasteiger partial charge in [-0.2, -0.15) is 0 Å². The minimum atomic E-state index is -1.85. The highest BCUT2D eigenvalue weighted by atomic mass is 16.7. The Balaban J connectivity index is 1.15. The topological polar surface area (TPSA) is 196 Å². The molecule has 1 unspecified atom stereocenters. The Morgan fingerprint density at radius 1 is 0.909 bits per heavy atom. The van der Waals surface area contributed by atoms with Crippen LogP contribution in [-0.2, 0) is 61.7 Å². The van der Waals surface area contributed by atoms with Gasteiger partial charge in [-0.1, -0.05) is 70.6 Å². The van der Waals surface area contributed by atoms with Crippen molar-refractivity contribution in [3.8, 4) is 0 Å². The van der Waals surface area contributed by atoms with E-state index in [1.165, 1.54) is 0 Å². The predicted octanol–water partition coefficient (Wildman–Crippen LogP) is 5.49. The van der Waals surface area contributed by atoms with Gasteiger partial charge in [-0.15, -0.1) is 0 Å². The molecule has 4 saturated heterocycles. The lowest BCUT2D eigenvalue weighted by Crippen LogP contribution is -2.58. The molecule has 16 heteroatoms. The Labute approximate surface area is 389 Å². The molecule has 0 saturated carbocycles. The molecule has 370 valence electrons. The number of allylic oxidation sites excluding steroid dienone is 2. The molecule has 0 amide bonds. The van der Waals surface area contributed by atoms with Crippen LogP contribution in [0, 0.1) is 23.7 Å². The minimum Gasteiger partial charge on any atom is -0.480 e. The minimum absolute atomic E-state index is 0.0163. The van der Waals surface area contributed by atoms with E-state index in [4.69, 9.17) is 52.1 Å². The number of aliphatic hydroxyl groups is 2. The highest BCUT2D eigenvalue weighted by Crippen LogP contribution is 2.47. The lowest BCUT2D eigenvalue weighted by molar-refractivity contribution is -0.320. The molecule has 0 aromatic heterocycles. The number of aliphatic hydroxyl groups excluding tert-OH is 1. The molecule has 7 rings (SSSR count). The molecule has 0 aromatic rings. The van der Waals surface area contributed by atoms with Gasteiger partial charge in [0.1, 0.15) is 48.6 Å². The van der Waals surface area contributed by atoms with E-state index in [2.05, 4.69) is 32.9 Å². The van der Waals surface area contributed by atoms with Crippen LogP contribution in [-0.4, -0.2) is 152 Å². The number of ether oxygens (including phenoxy) is 11. The largest absolute Gasteiger partial charge is 0.480 e. The molecule has 3 N–H and O–H groups in total. The second-order valence-electron chi connectivity index (χ2n) is 19.6. The van der Waals surface area contributed by atoms with Crippen LogP contribution in [0.1, 0.15) is 93.9 Å². The molecule has 20 atom stereocenters. The lowest BCUT2D eigenvalue weighted by atomic mass is 9.71. The number of carbonyl (C=O) groups excluding carboxylic acids is 1. The van der Waals surface area contributed by atoms with Gasteiger partial charge in [-0.3, -0.25) is 4.79 Å². The number of methoxy groups -OCH3 is 2. The van der Waals surface area contributed by atoms with Crippen LogP contribution >= 0.6 is 0 Å². The van der Waals surface area contributed by atoms with Gasteiger partial charge < -0.3 is 67.4 Å². The molecule has 7 aliphatic rings. The third-order valence-corrected chi connectivity index (χ3v) is 14.9. The average Bonchev–Trinajstić information content (AvgIpc) is 3.62. The van der Waals surface area contributed by atoms with Crippen LogP contribution in [0.15, 0.2) is 59.3 Å². The van der Waals surface area contributed by atoms with E-state index in [1.807, 2.05) is 39.0 Å². The van der Waals surface area contributed by atoms with Crippen molar-refractivity contribution in [2.45, 2.75) is 191 Å². The molecular formula is C50H74O16. The van der Waals surface area contributed by atoms with E-state index in [0.29, 0.717) is 36.8 Å². The first-order valence-electron chi connectivity index (χ1n) is 23.9. The van der Waals surface area contributed by atoms with Crippen molar-refractivity contribution in [2.75, 3.05) is 27.4 Å². The second kappa shape index (κ2) is 21.4. The van der Waals surface area contributed by atoms with Crippen LogP contribution in [0.3, 0.4) is 0 Å². The standard InChI is InChI=1S/C50H74O16/c1-11-26(2)44-29(5)17-18-49(66-44)23-35-20-34(65-49)16-15-28(4)43(27(3)13-12-14-33-24-59-47-42(53)30(6)19-36(48(54)62-35)50(33,47)55)63-40-22-38(57-10)46(32(8)61-40)64-41-21-37(56-9)45(31(7)60-41)58-25-39(51)52/h12-15,17-19,26-27,29,31-32,34-38,40-47,53,55H,11,16,20-25H2,1-10H3,(H,51,52)/b13-12+,28-15+,33-14+/t26?,27-,29-,31-,32-,34+,35-,36-,37-,38-,40-,41-,42+,43-,44+,45-,46-,47+,49+,50+/m0/s1. The van der Waals surface area contributed by atoms with Crippen LogP contribution in [0.2, 0.25) is 0 Å². The van der Waals surface area contributed by atoms with Crippen molar-refractivity contribution >= 4 is 11.9 Å². The Bertz CT molecular complexity index is 1860. The summed E-state index contributed by atoms with van der Waals surface area (Å²) in [5.41, 5.74) is 0.0679. The first kappa shape index (κ1) is 51.0. The van der Waals surface area contributed by atoms with E-state index in [-0.39, 0.29) is 36.9 Å². The van der Waals surface area contributed by atoms with Gasteiger partial charge in [0, 0.05) is 51.7 Å². The summed E-state index contributed by atoms with van der Waals surface area (Å²) < 4.78 is 69.7.